The highest BCUT2D eigenvalue weighted by atomic mass is 32.2. The Labute approximate surface area is 141 Å². The molecule has 1 aliphatic carbocycles. The minimum atomic E-state index is -0.252. The van der Waals surface area contributed by atoms with E-state index in [0.29, 0.717) is 19.0 Å². The van der Waals surface area contributed by atoms with Crippen molar-refractivity contribution in [1.29, 1.82) is 0 Å². The van der Waals surface area contributed by atoms with Gasteiger partial charge in [0.15, 0.2) is 0 Å². The van der Waals surface area contributed by atoms with Crippen LogP contribution in [0.4, 0.5) is 9.18 Å². The summed E-state index contributed by atoms with van der Waals surface area (Å²) in [7, 11) is 0. The summed E-state index contributed by atoms with van der Waals surface area (Å²) in [5.74, 6) is 0.816. The number of thioether (sulfide) groups is 1. The Kier molecular flexibility index (Phi) is 7.17. The van der Waals surface area contributed by atoms with E-state index in [1.165, 1.54) is 12.1 Å². The first kappa shape index (κ1) is 18.1. The Balaban J connectivity index is 1.78. The van der Waals surface area contributed by atoms with Crippen molar-refractivity contribution in [3.05, 3.63) is 35.1 Å². The van der Waals surface area contributed by atoms with Crippen LogP contribution in [-0.2, 0) is 12.3 Å². The number of carbonyl (C=O) groups excluding carboxylic acids is 1. The first-order valence-electron chi connectivity index (χ1n) is 8.04. The van der Waals surface area contributed by atoms with Crippen molar-refractivity contribution in [3.63, 3.8) is 0 Å². The minimum absolute atomic E-state index is 0.218. The molecule has 128 valence electrons. The highest BCUT2D eigenvalue weighted by Gasteiger charge is 2.20. The van der Waals surface area contributed by atoms with E-state index < -0.39 is 0 Å². The fourth-order valence-corrected chi connectivity index (χ4v) is 3.56. The number of amides is 2. The quantitative estimate of drug-likeness (QED) is 0.746. The standard InChI is InChI=1S/C17H25FN2O2S/c1-23-11-14-8-15(18)6-5-13(14)10-20-17(22)19-9-12-3-2-4-16(21)7-12/h5-6,8,12,16,21H,2-4,7,9-11H2,1H3,(H2,19,20,22). The first-order chi connectivity index (χ1) is 11.1. The van der Waals surface area contributed by atoms with Gasteiger partial charge < -0.3 is 15.7 Å². The van der Waals surface area contributed by atoms with E-state index in [4.69, 9.17) is 0 Å². The van der Waals surface area contributed by atoms with Crippen LogP contribution in [0, 0.1) is 11.7 Å². The van der Waals surface area contributed by atoms with Gasteiger partial charge in [0.05, 0.1) is 6.10 Å². The third-order valence-electron chi connectivity index (χ3n) is 4.21. The Morgan fingerprint density at radius 3 is 2.91 bits per heavy atom. The largest absolute Gasteiger partial charge is 0.393 e. The summed E-state index contributed by atoms with van der Waals surface area (Å²) in [6.07, 6.45) is 5.43. The average Bonchev–Trinajstić information content (AvgIpc) is 2.52. The molecule has 23 heavy (non-hydrogen) atoms. The molecule has 2 amide bonds. The van der Waals surface area contributed by atoms with Crippen molar-refractivity contribution >= 4 is 17.8 Å². The number of halogens is 1. The first-order valence-corrected chi connectivity index (χ1v) is 9.44. The lowest BCUT2D eigenvalue weighted by molar-refractivity contribution is 0.101. The molecule has 6 heteroatoms. The molecule has 3 N–H and O–H groups in total. The van der Waals surface area contributed by atoms with E-state index in [2.05, 4.69) is 10.6 Å². The molecule has 4 nitrogen and oxygen atoms in total. The summed E-state index contributed by atoms with van der Waals surface area (Å²) in [6, 6.07) is 4.44. The van der Waals surface area contributed by atoms with Crippen molar-refractivity contribution in [2.24, 2.45) is 5.92 Å². The fourth-order valence-electron chi connectivity index (χ4n) is 2.98. The lowest BCUT2D eigenvalue weighted by Gasteiger charge is -2.25. The SMILES string of the molecule is CSCc1cc(F)ccc1CNC(=O)NCC1CCCC(O)C1. The number of carbonyl (C=O) groups is 1. The molecule has 0 radical (unpaired) electrons. The Morgan fingerprint density at radius 1 is 1.35 bits per heavy atom. The third kappa shape index (κ3) is 6.03. The number of aliphatic hydroxyl groups excluding tert-OH is 1. The van der Waals surface area contributed by atoms with Crippen LogP contribution < -0.4 is 10.6 Å². The van der Waals surface area contributed by atoms with Crippen molar-refractivity contribution in [1.82, 2.24) is 10.6 Å². The Morgan fingerprint density at radius 2 is 2.17 bits per heavy atom. The lowest BCUT2D eigenvalue weighted by Crippen LogP contribution is -2.39. The second kappa shape index (κ2) is 9.13. The fraction of sp³-hybridized carbons (Fsp3) is 0.588. The number of aliphatic hydroxyl groups is 1. The molecule has 1 fully saturated rings. The van der Waals surface area contributed by atoms with Crippen LogP contribution in [0.3, 0.4) is 0 Å². The number of urea groups is 1. The maximum absolute atomic E-state index is 13.3. The molecule has 1 saturated carbocycles. The summed E-state index contributed by atoms with van der Waals surface area (Å²) in [6.45, 7) is 0.972. The molecule has 0 heterocycles. The predicted molar refractivity (Wildman–Crippen MR) is 91.8 cm³/mol. The topological polar surface area (TPSA) is 61.4 Å². The number of hydrogen-bond donors (Lipinski definition) is 3. The molecular weight excluding hydrogens is 315 g/mol. The van der Waals surface area contributed by atoms with E-state index in [0.717, 1.165) is 42.6 Å². The number of nitrogens with one attached hydrogen (secondary N) is 2. The molecular formula is C17H25FN2O2S. The van der Waals surface area contributed by atoms with Crippen molar-refractivity contribution < 1.29 is 14.3 Å². The summed E-state index contributed by atoms with van der Waals surface area (Å²) < 4.78 is 13.3. The zero-order valence-corrected chi connectivity index (χ0v) is 14.3. The van der Waals surface area contributed by atoms with Gasteiger partial charge in [-0.15, -0.1) is 0 Å². The third-order valence-corrected chi connectivity index (χ3v) is 4.81. The summed E-state index contributed by atoms with van der Waals surface area (Å²) >= 11 is 1.62. The molecule has 2 atom stereocenters. The zero-order chi connectivity index (χ0) is 16.7. The molecule has 1 aromatic carbocycles. The van der Waals surface area contributed by atoms with Gasteiger partial charge in [-0.3, -0.25) is 0 Å². The smallest absolute Gasteiger partial charge is 0.315 e. The summed E-state index contributed by atoms with van der Waals surface area (Å²) in [5.41, 5.74) is 1.84. The van der Waals surface area contributed by atoms with Crippen LogP contribution in [-0.4, -0.2) is 30.0 Å². The second-order valence-electron chi connectivity index (χ2n) is 6.10. The zero-order valence-electron chi connectivity index (χ0n) is 13.5. The Bertz CT molecular complexity index is 527. The summed E-state index contributed by atoms with van der Waals surface area (Å²) in [4.78, 5) is 11.9. The van der Waals surface area contributed by atoms with E-state index in [1.54, 1.807) is 17.8 Å². The van der Waals surface area contributed by atoms with Crippen LogP contribution in [0.1, 0.15) is 36.8 Å². The van der Waals surface area contributed by atoms with Gasteiger partial charge in [0.2, 0.25) is 0 Å². The molecule has 2 rings (SSSR count). The second-order valence-corrected chi connectivity index (χ2v) is 6.96. The van der Waals surface area contributed by atoms with Crippen LogP contribution in [0.2, 0.25) is 0 Å². The molecule has 2 unspecified atom stereocenters. The van der Waals surface area contributed by atoms with Crippen LogP contribution in [0.5, 0.6) is 0 Å². The number of rotatable bonds is 6. The normalized spacial score (nSPS) is 21.0. The monoisotopic (exact) mass is 340 g/mol. The van der Waals surface area contributed by atoms with Gasteiger partial charge in [-0.1, -0.05) is 12.5 Å². The highest BCUT2D eigenvalue weighted by Crippen LogP contribution is 2.23. The molecule has 0 aliphatic heterocycles. The highest BCUT2D eigenvalue weighted by molar-refractivity contribution is 7.97. The van der Waals surface area contributed by atoms with E-state index in [9.17, 15) is 14.3 Å². The number of benzene rings is 1. The van der Waals surface area contributed by atoms with Gasteiger partial charge in [0.25, 0.3) is 0 Å². The van der Waals surface area contributed by atoms with E-state index in [-0.39, 0.29) is 18.0 Å². The molecule has 1 aromatic rings. The maximum Gasteiger partial charge on any atom is 0.315 e. The molecule has 0 spiro atoms. The molecule has 0 aromatic heterocycles. The molecule has 0 bridgehead atoms. The lowest BCUT2D eigenvalue weighted by atomic mass is 9.87. The maximum atomic E-state index is 13.3. The van der Waals surface area contributed by atoms with Gasteiger partial charge in [0, 0.05) is 18.8 Å². The van der Waals surface area contributed by atoms with Crippen molar-refractivity contribution in [2.45, 2.75) is 44.1 Å². The van der Waals surface area contributed by atoms with Gasteiger partial charge in [0.1, 0.15) is 5.82 Å². The van der Waals surface area contributed by atoms with Gasteiger partial charge in [-0.2, -0.15) is 11.8 Å². The molecule has 0 saturated heterocycles. The Hall–Kier alpha value is -1.27. The van der Waals surface area contributed by atoms with E-state index >= 15 is 0 Å². The van der Waals surface area contributed by atoms with E-state index in [1.807, 2.05) is 6.26 Å². The van der Waals surface area contributed by atoms with Crippen LogP contribution in [0.15, 0.2) is 18.2 Å². The van der Waals surface area contributed by atoms with Gasteiger partial charge >= 0.3 is 6.03 Å². The molecule has 1 aliphatic rings. The minimum Gasteiger partial charge on any atom is -0.393 e. The van der Waals surface area contributed by atoms with Crippen molar-refractivity contribution in [2.75, 3.05) is 12.8 Å². The van der Waals surface area contributed by atoms with Gasteiger partial charge in [-0.05, 0) is 54.7 Å². The van der Waals surface area contributed by atoms with Crippen LogP contribution in [0.25, 0.3) is 0 Å². The van der Waals surface area contributed by atoms with Crippen LogP contribution >= 0.6 is 11.8 Å². The average molecular weight is 340 g/mol. The predicted octanol–water partition coefficient (Wildman–Crippen LogP) is 3.04. The number of hydrogen-bond acceptors (Lipinski definition) is 3. The van der Waals surface area contributed by atoms with Crippen molar-refractivity contribution in [3.8, 4) is 0 Å². The summed E-state index contributed by atoms with van der Waals surface area (Å²) in [5, 5.41) is 15.3. The van der Waals surface area contributed by atoms with Gasteiger partial charge in [-0.25, -0.2) is 9.18 Å².